The van der Waals surface area contributed by atoms with Crippen LogP contribution in [0.5, 0.6) is 0 Å². The molecule has 1 amide bonds. The summed E-state index contributed by atoms with van der Waals surface area (Å²) in [6.45, 7) is 7.57. The van der Waals surface area contributed by atoms with E-state index >= 15 is 0 Å². The molecule has 21 heavy (non-hydrogen) atoms. The lowest BCUT2D eigenvalue weighted by molar-refractivity contribution is 0.102. The molecule has 2 rings (SSSR count). The second kappa shape index (κ2) is 7.09. The van der Waals surface area contributed by atoms with Crippen LogP contribution in [-0.2, 0) is 6.54 Å². The molecular weight excluding hydrogens is 264 g/mol. The number of carbonyl (C=O) groups is 1. The predicted molar refractivity (Wildman–Crippen MR) is 84.6 cm³/mol. The molecule has 1 heterocycles. The van der Waals surface area contributed by atoms with Gasteiger partial charge < -0.3 is 15.1 Å². The van der Waals surface area contributed by atoms with Crippen molar-refractivity contribution < 1.29 is 9.21 Å². The zero-order valence-electron chi connectivity index (χ0n) is 12.8. The molecule has 0 saturated carbocycles. The summed E-state index contributed by atoms with van der Waals surface area (Å²) in [5, 5.41) is 6.26. The third kappa shape index (κ3) is 4.20. The molecule has 112 valence electrons. The van der Waals surface area contributed by atoms with E-state index < -0.39 is 0 Å². The van der Waals surface area contributed by atoms with E-state index in [1.54, 1.807) is 13.0 Å². The maximum atomic E-state index is 12.2. The van der Waals surface area contributed by atoms with Gasteiger partial charge in [-0.05, 0) is 50.6 Å². The van der Waals surface area contributed by atoms with Crippen molar-refractivity contribution in [2.45, 2.75) is 33.7 Å². The van der Waals surface area contributed by atoms with Crippen LogP contribution < -0.4 is 10.6 Å². The molecule has 0 radical (unpaired) electrons. The number of amides is 1. The maximum Gasteiger partial charge on any atom is 0.259 e. The number of hydrogen-bond acceptors (Lipinski definition) is 3. The first-order valence-corrected chi connectivity index (χ1v) is 7.28. The summed E-state index contributed by atoms with van der Waals surface area (Å²) in [6, 6.07) is 9.64. The topological polar surface area (TPSA) is 54.3 Å². The van der Waals surface area contributed by atoms with E-state index in [2.05, 4.69) is 17.6 Å². The largest absolute Gasteiger partial charge is 0.466 e. The van der Waals surface area contributed by atoms with E-state index in [1.807, 2.05) is 31.2 Å². The van der Waals surface area contributed by atoms with Crippen LogP contribution in [0.3, 0.4) is 0 Å². The summed E-state index contributed by atoms with van der Waals surface area (Å²) in [6.07, 6.45) is 1.11. The molecule has 0 aliphatic carbocycles. The lowest BCUT2D eigenvalue weighted by atomic mass is 10.2. The molecule has 0 aliphatic heterocycles. The molecule has 1 aromatic carbocycles. The molecule has 2 N–H and O–H groups in total. The minimum absolute atomic E-state index is 0.136. The van der Waals surface area contributed by atoms with Crippen LogP contribution in [0.2, 0.25) is 0 Å². The lowest BCUT2D eigenvalue weighted by Crippen LogP contribution is -2.15. The Labute approximate surface area is 125 Å². The van der Waals surface area contributed by atoms with E-state index in [0.29, 0.717) is 11.3 Å². The van der Waals surface area contributed by atoms with Crippen LogP contribution in [0.25, 0.3) is 0 Å². The highest BCUT2D eigenvalue weighted by Crippen LogP contribution is 2.17. The molecule has 4 heteroatoms. The molecule has 0 bridgehead atoms. The number of nitrogens with one attached hydrogen (secondary N) is 2. The van der Waals surface area contributed by atoms with Crippen LogP contribution in [0.15, 0.2) is 34.7 Å². The summed E-state index contributed by atoms with van der Waals surface area (Å²) in [5.41, 5.74) is 2.54. The highest BCUT2D eigenvalue weighted by Gasteiger charge is 2.13. The summed E-state index contributed by atoms with van der Waals surface area (Å²) >= 11 is 0. The first kappa shape index (κ1) is 15.3. The van der Waals surface area contributed by atoms with Crippen molar-refractivity contribution >= 4 is 11.6 Å². The van der Waals surface area contributed by atoms with Crippen molar-refractivity contribution in [2.24, 2.45) is 0 Å². The molecule has 0 atom stereocenters. The number of carbonyl (C=O) groups excluding carboxylic acids is 1. The van der Waals surface area contributed by atoms with Crippen LogP contribution >= 0.6 is 0 Å². The zero-order valence-corrected chi connectivity index (χ0v) is 12.8. The standard InChI is InChI=1S/C17H22N2O2/c1-4-8-18-11-14-6-5-7-15(10-14)19-17(20)16-9-12(2)21-13(16)3/h5-7,9-10,18H,4,8,11H2,1-3H3,(H,19,20). The highest BCUT2D eigenvalue weighted by molar-refractivity contribution is 6.05. The number of aryl methyl sites for hydroxylation is 2. The van der Waals surface area contributed by atoms with Gasteiger partial charge in [-0.1, -0.05) is 19.1 Å². The van der Waals surface area contributed by atoms with E-state index in [0.717, 1.165) is 36.5 Å². The first-order valence-electron chi connectivity index (χ1n) is 7.28. The SMILES string of the molecule is CCCNCc1cccc(NC(=O)c2cc(C)oc2C)c1. The first-order chi connectivity index (χ1) is 10.1. The lowest BCUT2D eigenvalue weighted by Gasteiger charge is -2.08. The van der Waals surface area contributed by atoms with E-state index in [-0.39, 0.29) is 5.91 Å². The number of furan rings is 1. The van der Waals surface area contributed by atoms with Crippen LogP contribution in [-0.4, -0.2) is 12.5 Å². The van der Waals surface area contributed by atoms with Crippen molar-refractivity contribution in [1.29, 1.82) is 0 Å². The Hall–Kier alpha value is -2.07. The fourth-order valence-electron chi connectivity index (χ4n) is 2.22. The van der Waals surface area contributed by atoms with E-state index in [4.69, 9.17) is 4.42 Å². The van der Waals surface area contributed by atoms with Crippen molar-refractivity contribution in [3.8, 4) is 0 Å². The summed E-state index contributed by atoms with van der Waals surface area (Å²) in [5.74, 6) is 1.25. The van der Waals surface area contributed by atoms with Crippen molar-refractivity contribution in [1.82, 2.24) is 5.32 Å². The maximum absolute atomic E-state index is 12.2. The third-order valence-electron chi connectivity index (χ3n) is 3.23. The fraction of sp³-hybridized carbons (Fsp3) is 0.353. The Bertz CT molecular complexity index is 617. The average Bonchev–Trinajstić information content (AvgIpc) is 2.78. The molecule has 4 nitrogen and oxygen atoms in total. The van der Waals surface area contributed by atoms with Gasteiger partial charge in [-0.25, -0.2) is 0 Å². The monoisotopic (exact) mass is 286 g/mol. The van der Waals surface area contributed by atoms with Crippen LogP contribution in [0.1, 0.15) is 40.8 Å². The Morgan fingerprint density at radius 3 is 2.71 bits per heavy atom. The molecule has 2 aromatic rings. The minimum atomic E-state index is -0.136. The van der Waals surface area contributed by atoms with Gasteiger partial charge in [0.25, 0.3) is 5.91 Å². The second-order valence-electron chi connectivity index (χ2n) is 5.16. The van der Waals surface area contributed by atoms with E-state index in [9.17, 15) is 4.79 Å². The molecule has 0 spiro atoms. The Morgan fingerprint density at radius 2 is 2.05 bits per heavy atom. The van der Waals surface area contributed by atoms with Crippen molar-refractivity contribution in [3.63, 3.8) is 0 Å². The predicted octanol–water partition coefficient (Wildman–Crippen LogP) is 3.65. The molecule has 0 unspecified atom stereocenters. The quantitative estimate of drug-likeness (QED) is 0.797. The van der Waals surface area contributed by atoms with Gasteiger partial charge in [0, 0.05) is 12.2 Å². The zero-order chi connectivity index (χ0) is 15.2. The number of rotatable bonds is 6. The van der Waals surface area contributed by atoms with Gasteiger partial charge >= 0.3 is 0 Å². The molecule has 1 aromatic heterocycles. The summed E-state index contributed by atoms with van der Waals surface area (Å²) in [4.78, 5) is 12.2. The van der Waals surface area contributed by atoms with Gasteiger partial charge in [0.05, 0.1) is 5.56 Å². The second-order valence-corrected chi connectivity index (χ2v) is 5.16. The smallest absolute Gasteiger partial charge is 0.259 e. The third-order valence-corrected chi connectivity index (χ3v) is 3.23. The number of benzene rings is 1. The molecule has 0 aliphatic rings. The van der Waals surface area contributed by atoms with Gasteiger partial charge in [-0.2, -0.15) is 0 Å². The summed E-state index contributed by atoms with van der Waals surface area (Å²) in [7, 11) is 0. The van der Waals surface area contributed by atoms with Gasteiger partial charge in [0.1, 0.15) is 11.5 Å². The van der Waals surface area contributed by atoms with Crippen molar-refractivity contribution in [3.05, 3.63) is 53.0 Å². The van der Waals surface area contributed by atoms with E-state index in [1.165, 1.54) is 0 Å². The normalized spacial score (nSPS) is 10.6. The van der Waals surface area contributed by atoms with Gasteiger partial charge in [0.2, 0.25) is 0 Å². The van der Waals surface area contributed by atoms with Gasteiger partial charge in [-0.15, -0.1) is 0 Å². The number of anilines is 1. The molecule has 0 fully saturated rings. The number of hydrogen-bond donors (Lipinski definition) is 2. The van der Waals surface area contributed by atoms with Gasteiger partial charge in [-0.3, -0.25) is 4.79 Å². The summed E-state index contributed by atoms with van der Waals surface area (Å²) < 4.78 is 5.39. The molecule has 0 saturated heterocycles. The van der Waals surface area contributed by atoms with Crippen LogP contribution in [0, 0.1) is 13.8 Å². The Morgan fingerprint density at radius 1 is 1.24 bits per heavy atom. The van der Waals surface area contributed by atoms with Crippen LogP contribution in [0.4, 0.5) is 5.69 Å². The highest BCUT2D eigenvalue weighted by atomic mass is 16.3. The van der Waals surface area contributed by atoms with Gasteiger partial charge in [0.15, 0.2) is 0 Å². The Balaban J connectivity index is 2.04. The average molecular weight is 286 g/mol. The molecular formula is C17H22N2O2. The Kier molecular flexibility index (Phi) is 5.17. The fourth-order valence-corrected chi connectivity index (χ4v) is 2.22. The minimum Gasteiger partial charge on any atom is -0.466 e. The van der Waals surface area contributed by atoms with Crippen molar-refractivity contribution in [2.75, 3.05) is 11.9 Å².